The van der Waals surface area contributed by atoms with Gasteiger partial charge in [0, 0.05) is 11.2 Å². The molecule has 0 radical (unpaired) electrons. The van der Waals surface area contributed by atoms with Crippen molar-refractivity contribution in [2.24, 2.45) is 4.99 Å². The van der Waals surface area contributed by atoms with Crippen LogP contribution in [0.15, 0.2) is 47.5 Å². The molecule has 2 aromatic carbocycles. The molecule has 0 aliphatic heterocycles. The van der Waals surface area contributed by atoms with Crippen LogP contribution in [0.3, 0.4) is 0 Å². The SMILES string of the molecule is Oc1cccc(C=Nc2cc(Cl)ccc2O)c1. The Labute approximate surface area is 104 Å². The minimum Gasteiger partial charge on any atom is -0.508 e. The van der Waals surface area contributed by atoms with Crippen LogP contribution in [0.2, 0.25) is 5.02 Å². The van der Waals surface area contributed by atoms with E-state index in [2.05, 4.69) is 4.99 Å². The molecule has 4 heteroatoms. The lowest BCUT2D eigenvalue weighted by Crippen LogP contribution is -1.79. The normalized spacial score (nSPS) is 10.9. The molecule has 17 heavy (non-hydrogen) atoms. The molecule has 0 heterocycles. The number of rotatable bonds is 2. The highest BCUT2D eigenvalue weighted by Crippen LogP contribution is 2.29. The summed E-state index contributed by atoms with van der Waals surface area (Å²) in [5, 5.41) is 19.3. The van der Waals surface area contributed by atoms with Crippen LogP contribution in [0.4, 0.5) is 5.69 Å². The zero-order valence-corrected chi connectivity index (χ0v) is 9.59. The summed E-state index contributed by atoms with van der Waals surface area (Å²) in [5.41, 5.74) is 1.13. The summed E-state index contributed by atoms with van der Waals surface area (Å²) in [5.74, 6) is 0.232. The molecule has 0 aromatic heterocycles. The van der Waals surface area contributed by atoms with Crippen molar-refractivity contribution in [1.82, 2.24) is 0 Å². The van der Waals surface area contributed by atoms with Crippen molar-refractivity contribution in [2.45, 2.75) is 0 Å². The molecular weight excluding hydrogens is 238 g/mol. The van der Waals surface area contributed by atoms with Crippen molar-refractivity contribution in [3.63, 3.8) is 0 Å². The molecule has 2 rings (SSSR count). The van der Waals surface area contributed by atoms with Gasteiger partial charge in [0.2, 0.25) is 0 Å². The fourth-order valence-electron chi connectivity index (χ4n) is 1.35. The molecule has 0 saturated carbocycles. The molecule has 0 spiro atoms. The number of benzene rings is 2. The Morgan fingerprint density at radius 3 is 2.65 bits per heavy atom. The Morgan fingerprint density at radius 2 is 1.88 bits per heavy atom. The Bertz CT molecular complexity index is 567. The van der Waals surface area contributed by atoms with E-state index >= 15 is 0 Å². The average Bonchev–Trinajstić information content (AvgIpc) is 2.30. The van der Waals surface area contributed by atoms with Gasteiger partial charge in [-0.3, -0.25) is 4.99 Å². The number of phenolic OH excluding ortho intramolecular Hbond substituents is 2. The topological polar surface area (TPSA) is 52.8 Å². The predicted octanol–water partition coefficient (Wildman–Crippen LogP) is 3.50. The second-order valence-corrected chi connectivity index (χ2v) is 3.92. The first-order chi connectivity index (χ1) is 8.15. The van der Waals surface area contributed by atoms with E-state index < -0.39 is 0 Å². The van der Waals surface area contributed by atoms with Gasteiger partial charge in [0.1, 0.15) is 17.2 Å². The number of hydrogen-bond donors (Lipinski definition) is 2. The number of halogens is 1. The van der Waals surface area contributed by atoms with Crippen LogP contribution in [0.5, 0.6) is 11.5 Å². The number of aliphatic imine (C=N–C) groups is 1. The summed E-state index contributed by atoms with van der Waals surface area (Å²) in [6.07, 6.45) is 1.55. The first-order valence-corrected chi connectivity index (χ1v) is 5.34. The van der Waals surface area contributed by atoms with Gasteiger partial charge in [-0.2, -0.15) is 0 Å². The molecule has 86 valence electrons. The van der Waals surface area contributed by atoms with Crippen LogP contribution in [0, 0.1) is 0 Å². The Kier molecular flexibility index (Phi) is 3.30. The summed E-state index contributed by atoms with van der Waals surface area (Å²) >= 11 is 5.80. The quantitative estimate of drug-likeness (QED) is 0.798. The molecule has 0 aliphatic carbocycles. The van der Waals surface area contributed by atoms with Gasteiger partial charge >= 0.3 is 0 Å². The monoisotopic (exact) mass is 247 g/mol. The molecule has 0 unspecified atom stereocenters. The van der Waals surface area contributed by atoms with E-state index in [-0.39, 0.29) is 11.5 Å². The zero-order valence-electron chi connectivity index (χ0n) is 8.84. The van der Waals surface area contributed by atoms with Gasteiger partial charge < -0.3 is 10.2 Å². The van der Waals surface area contributed by atoms with Gasteiger partial charge in [0.25, 0.3) is 0 Å². The second-order valence-electron chi connectivity index (χ2n) is 3.49. The van der Waals surface area contributed by atoms with Crippen LogP contribution in [-0.4, -0.2) is 16.4 Å². The lowest BCUT2D eigenvalue weighted by atomic mass is 10.2. The first kappa shape index (κ1) is 11.5. The Morgan fingerprint density at radius 1 is 1.06 bits per heavy atom. The second kappa shape index (κ2) is 4.89. The highest BCUT2D eigenvalue weighted by molar-refractivity contribution is 6.30. The molecule has 0 atom stereocenters. The van der Waals surface area contributed by atoms with Crippen LogP contribution < -0.4 is 0 Å². The van der Waals surface area contributed by atoms with Crippen LogP contribution in [0.25, 0.3) is 0 Å². The maximum Gasteiger partial charge on any atom is 0.141 e. The highest BCUT2D eigenvalue weighted by Gasteiger charge is 1.99. The molecule has 2 N–H and O–H groups in total. The third kappa shape index (κ3) is 2.98. The van der Waals surface area contributed by atoms with Gasteiger partial charge in [0.05, 0.1) is 0 Å². The molecule has 3 nitrogen and oxygen atoms in total. The molecule has 0 saturated heterocycles. The summed E-state index contributed by atoms with van der Waals surface area (Å²) in [6.45, 7) is 0. The molecule has 0 amide bonds. The smallest absolute Gasteiger partial charge is 0.141 e. The van der Waals surface area contributed by atoms with E-state index in [4.69, 9.17) is 11.6 Å². The third-order valence-electron chi connectivity index (χ3n) is 2.16. The van der Waals surface area contributed by atoms with E-state index in [0.717, 1.165) is 5.56 Å². The Hall–Kier alpha value is -2.00. The van der Waals surface area contributed by atoms with Crippen molar-refractivity contribution in [2.75, 3.05) is 0 Å². The largest absolute Gasteiger partial charge is 0.508 e. The van der Waals surface area contributed by atoms with E-state index in [0.29, 0.717) is 10.7 Å². The maximum absolute atomic E-state index is 9.55. The van der Waals surface area contributed by atoms with Gasteiger partial charge in [-0.05, 0) is 35.9 Å². The van der Waals surface area contributed by atoms with Crippen LogP contribution in [0.1, 0.15) is 5.56 Å². The van der Waals surface area contributed by atoms with Crippen molar-refractivity contribution >= 4 is 23.5 Å². The summed E-state index contributed by atoms with van der Waals surface area (Å²) in [4.78, 5) is 4.11. The molecular formula is C13H10ClNO2. The van der Waals surface area contributed by atoms with Gasteiger partial charge in [-0.25, -0.2) is 0 Å². The van der Waals surface area contributed by atoms with Gasteiger partial charge in [0.15, 0.2) is 0 Å². The van der Waals surface area contributed by atoms with E-state index in [1.807, 2.05) is 0 Å². The van der Waals surface area contributed by atoms with Crippen molar-refractivity contribution in [1.29, 1.82) is 0 Å². The standard InChI is InChI=1S/C13H10ClNO2/c14-10-4-5-13(17)12(7-10)15-8-9-2-1-3-11(16)6-9/h1-8,16-17H. The fraction of sp³-hybridized carbons (Fsp3) is 0. The fourth-order valence-corrected chi connectivity index (χ4v) is 1.52. The number of hydrogen-bond acceptors (Lipinski definition) is 3. The Balaban J connectivity index is 2.29. The van der Waals surface area contributed by atoms with Crippen molar-refractivity contribution in [3.05, 3.63) is 53.1 Å². The molecule has 0 aliphatic rings. The average molecular weight is 248 g/mol. The van der Waals surface area contributed by atoms with Crippen LogP contribution in [-0.2, 0) is 0 Å². The summed E-state index contributed by atoms with van der Waals surface area (Å²) in [6, 6.07) is 11.3. The minimum atomic E-state index is 0.0609. The van der Waals surface area contributed by atoms with E-state index in [9.17, 15) is 10.2 Å². The maximum atomic E-state index is 9.55. The predicted molar refractivity (Wildman–Crippen MR) is 68.5 cm³/mol. The van der Waals surface area contributed by atoms with Crippen LogP contribution >= 0.6 is 11.6 Å². The highest BCUT2D eigenvalue weighted by atomic mass is 35.5. The lowest BCUT2D eigenvalue weighted by Gasteiger charge is -1.99. The molecule has 0 bridgehead atoms. The summed E-state index contributed by atoms with van der Waals surface area (Å²) in [7, 11) is 0. The number of nitrogens with zero attached hydrogens (tertiary/aromatic N) is 1. The van der Waals surface area contributed by atoms with Crippen molar-refractivity contribution < 1.29 is 10.2 Å². The third-order valence-corrected chi connectivity index (χ3v) is 2.40. The minimum absolute atomic E-state index is 0.0609. The lowest BCUT2D eigenvalue weighted by molar-refractivity contribution is 0.475. The molecule has 0 fully saturated rings. The number of phenols is 2. The summed E-state index contributed by atoms with van der Waals surface area (Å²) < 4.78 is 0. The van der Waals surface area contributed by atoms with Gasteiger partial charge in [-0.1, -0.05) is 23.7 Å². The zero-order chi connectivity index (χ0) is 12.3. The van der Waals surface area contributed by atoms with Gasteiger partial charge in [-0.15, -0.1) is 0 Å². The molecule has 2 aromatic rings. The number of aromatic hydroxyl groups is 2. The van der Waals surface area contributed by atoms with Crippen molar-refractivity contribution in [3.8, 4) is 11.5 Å². The van der Waals surface area contributed by atoms with E-state index in [1.54, 1.807) is 42.6 Å². The van der Waals surface area contributed by atoms with E-state index in [1.165, 1.54) is 6.07 Å². The first-order valence-electron chi connectivity index (χ1n) is 4.97.